The number of nitrogens with two attached hydrogens (primary N) is 1. The Morgan fingerprint density at radius 3 is 2.53 bits per heavy atom. The SMILES string of the molecule is NCC1CCCC1CNc1ccc(C(F)(F)F)nn1. The molecule has 106 valence electrons. The molecule has 0 spiro atoms. The largest absolute Gasteiger partial charge is 0.435 e. The van der Waals surface area contributed by atoms with Gasteiger partial charge < -0.3 is 11.1 Å². The third-order valence-corrected chi connectivity index (χ3v) is 3.62. The fraction of sp³-hybridized carbons (Fsp3) is 0.667. The molecule has 1 fully saturated rings. The van der Waals surface area contributed by atoms with Crippen LogP contribution >= 0.6 is 0 Å². The molecule has 1 heterocycles. The minimum atomic E-state index is -4.44. The van der Waals surface area contributed by atoms with E-state index in [-0.39, 0.29) is 0 Å². The van der Waals surface area contributed by atoms with Gasteiger partial charge in [-0.2, -0.15) is 13.2 Å². The quantitative estimate of drug-likeness (QED) is 0.884. The van der Waals surface area contributed by atoms with Gasteiger partial charge in [-0.1, -0.05) is 6.42 Å². The number of halogens is 3. The molecule has 3 N–H and O–H groups in total. The minimum absolute atomic E-state index is 0.371. The summed E-state index contributed by atoms with van der Waals surface area (Å²) in [6.07, 6.45) is -1.06. The normalized spacial score (nSPS) is 23.6. The molecular formula is C12H17F3N4. The van der Waals surface area contributed by atoms with E-state index in [0.717, 1.165) is 25.3 Å². The molecule has 0 bridgehead atoms. The average Bonchev–Trinajstić information content (AvgIpc) is 2.83. The van der Waals surface area contributed by atoms with Gasteiger partial charge in [0, 0.05) is 6.54 Å². The second-order valence-corrected chi connectivity index (χ2v) is 4.87. The maximum Gasteiger partial charge on any atom is 0.435 e. The number of nitrogens with one attached hydrogen (secondary N) is 1. The number of hydrogen-bond donors (Lipinski definition) is 2. The van der Waals surface area contributed by atoms with Crippen LogP contribution in [0.15, 0.2) is 12.1 Å². The van der Waals surface area contributed by atoms with Crippen molar-refractivity contribution >= 4 is 5.82 Å². The molecule has 19 heavy (non-hydrogen) atoms. The molecule has 2 rings (SSSR count). The lowest BCUT2D eigenvalue weighted by Gasteiger charge is -2.18. The number of rotatable bonds is 4. The summed E-state index contributed by atoms with van der Waals surface area (Å²) in [5.41, 5.74) is 4.71. The van der Waals surface area contributed by atoms with Crippen LogP contribution in [-0.4, -0.2) is 23.3 Å². The highest BCUT2D eigenvalue weighted by Gasteiger charge is 2.33. The lowest BCUT2D eigenvalue weighted by atomic mass is 9.96. The molecule has 1 aliphatic rings. The van der Waals surface area contributed by atoms with Crippen LogP contribution in [0, 0.1) is 11.8 Å². The van der Waals surface area contributed by atoms with Crippen LogP contribution in [0.1, 0.15) is 25.0 Å². The molecule has 1 aromatic rings. The minimum Gasteiger partial charge on any atom is -0.368 e. The van der Waals surface area contributed by atoms with E-state index in [1.807, 2.05) is 0 Å². The Morgan fingerprint density at radius 1 is 1.21 bits per heavy atom. The summed E-state index contributed by atoms with van der Waals surface area (Å²) in [7, 11) is 0. The van der Waals surface area contributed by atoms with E-state index < -0.39 is 11.9 Å². The van der Waals surface area contributed by atoms with Crippen LogP contribution < -0.4 is 11.1 Å². The Labute approximate surface area is 109 Å². The Balaban J connectivity index is 1.90. The molecule has 1 aromatic heterocycles. The van der Waals surface area contributed by atoms with Gasteiger partial charge in [0.25, 0.3) is 0 Å². The highest BCUT2D eigenvalue weighted by Crippen LogP contribution is 2.31. The zero-order valence-electron chi connectivity index (χ0n) is 10.5. The highest BCUT2D eigenvalue weighted by atomic mass is 19.4. The van der Waals surface area contributed by atoms with Gasteiger partial charge in [0.05, 0.1) is 0 Å². The zero-order chi connectivity index (χ0) is 13.9. The Hall–Kier alpha value is -1.37. The first-order valence-electron chi connectivity index (χ1n) is 6.35. The number of aromatic nitrogens is 2. The molecule has 1 aliphatic carbocycles. The van der Waals surface area contributed by atoms with Crippen molar-refractivity contribution in [2.24, 2.45) is 17.6 Å². The second-order valence-electron chi connectivity index (χ2n) is 4.87. The lowest BCUT2D eigenvalue weighted by Crippen LogP contribution is -2.24. The summed E-state index contributed by atoms with van der Waals surface area (Å²) >= 11 is 0. The number of alkyl halides is 3. The van der Waals surface area contributed by atoms with E-state index >= 15 is 0 Å². The van der Waals surface area contributed by atoms with Gasteiger partial charge in [-0.3, -0.25) is 0 Å². The fourth-order valence-corrected chi connectivity index (χ4v) is 2.51. The number of hydrogen-bond acceptors (Lipinski definition) is 4. The van der Waals surface area contributed by atoms with Crippen molar-refractivity contribution in [3.05, 3.63) is 17.8 Å². The predicted molar refractivity (Wildman–Crippen MR) is 65.4 cm³/mol. The van der Waals surface area contributed by atoms with Crippen LogP contribution in [0.3, 0.4) is 0 Å². The molecule has 4 nitrogen and oxygen atoms in total. The predicted octanol–water partition coefficient (Wildman–Crippen LogP) is 2.28. The third kappa shape index (κ3) is 3.56. The average molecular weight is 274 g/mol. The standard InChI is InChI=1S/C12H17F3N4/c13-12(14,15)10-4-5-11(19-18-10)17-7-9-3-1-2-8(9)6-16/h4-5,8-9H,1-3,6-7,16H2,(H,17,19). The van der Waals surface area contributed by atoms with Crippen molar-refractivity contribution in [1.29, 1.82) is 0 Å². The monoisotopic (exact) mass is 274 g/mol. The first-order valence-corrected chi connectivity index (χ1v) is 6.35. The molecule has 0 aliphatic heterocycles. The summed E-state index contributed by atoms with van der Waals surface area (Å²) in [5, 5.41) is 9.75. The summed E-state index contributed by atoms with van der Waals surface area (Å²) in [5.74, 6) is 1.33. The first-order chi connectivity index (χ1) is 9.00. The molecule has 2 unspecified atom stereocenters. The van der Waals surface area contributed by atoms with Crippen LogP contribution in [-0.2, 0) is 6.18 Å². The van der Waals surface area contributed by atoms with Gasteiger partial charge in [-0.25, -0.2) is 0 Å². The Morgan fingerprint density at radius 2 is 1.95 bits per heavy atom. The van der Waals surface area contributed by atoms with Gasteiger partial charge in [-0.05, 0) is 43.4 Å². The van der Waals surface area contributed by atoms with E-state index in [4.69, 9.17) is 5.73 Å². The van der Waals surface area contributed by atoms with Gasteiger partial charge in [0.1, 0.15) is 5.82 Å². The second kappa shape index (κ2) is 5.73. The smallest absolute Gasteiger partial charge is 0.368 e. The van der Waals surface area contributed by atoms with Crippen molar-refractivity contribution in [2.75, 3.05) is 18.4 Å². The Bertz CT molecular complexity index is 404. The highest BCUT2D eigenvalue weighted by molar-refractivity contribution is 5.33. The molecule has 2 atom stereocenters. The van der Waals surface area contributed by atoms with Crippen molar-refractivity contribution in [2.45, 2.75) is 25.4 Å². The van der Waals surface area contributed by atoms with Gasteiger partial charge in [0.15, 0.2) is 5.69 Å². The molecule has 0 radical (unpaired) electrons. The molecular weight excluding hydrogens is 257 g/mol. The molecule has 0 aromatic carbocycles. The number of nitrogens with zero attached hydrogens (tertiary/aromatic N) is 2. The topological polar surface area (TPSA) is 63.8 Å². The van der Waals surface area contributed by atoms with E-state index in [0.29, 0.717) is 30.7 Å². The van der Waals surface area contributed by atoms with Crippen molar-refractivity contribution < 1.29 is 13.2 Å². The van der Waals surface area contributed by atoms with Crippen LogP contribution in [0.25, 0.3) is 0 Å². The summed E-state index contributed by atoms with van der Waals surface area (Å²) < 4.78 is 36.9. The van der Waals surface area contributed by atoms with E-state index in [1.165, 1.54) is 6.07 Å². The van der Waals surface area contributed by atoms with Crippen LogP contribution in [0.2, 0.25) is 0 Å². The zero-order valence-corrected chi connectivity index (χ0v) is 10.5. The van der Waals surface area contributed by atoms with Crippen molar-refractivity contribution in [3.63, 3.8) is 0 Å². The third-order valence-electron chi connectivity index (χ3n) is 3.62. The summed E-state index contributed by atoms with van der Waals surface area (Å²) in [6.45, 7) is 1.34. The molecule has 7 heteroatoms. The fourth-order valence-electron chi connectivity index (χ4n) is 2.51. The van der Waals surface area contributed by atoms with Crippen molar-refractivity contribution in [1.82, 2.24) is 10.2 Å². The lowest BCUT2D eigenvalue weighted by molar-refractivity contribution is -0.141. The van der Waals surface area contributed by atoms with Crippen molar-refractivity contribution in [3.8, 4) is 0 Å². The van der Waals surface area contributed by atoms with E-state index in [9.17, 15) is 13.2 Å². The van der Waals surface area contributed by atoms with Crippen LogP contribution in [0.5, 0.6) is 0 Å². The van der Waals surface area contributed by atoms with Gasteiger partial charge >= 0.3 is 6.18 Å². The number of anilines is 1. The molecule has 0 saturated heterocycles. The van der Waals surface area contributed by atoms with Gasteiger partial charge in [-0.15, -0.1) is 10.2 Å². The first kappa shape index (κ1) is 14.0. The molecule has 0 amide bonds. The van der Waals surface area contributed by atoms with Crippen LogP contribution in [0.4, 0.5) is 19.0 Å². The summed E-state index contributed by atoms with van der Waals surface area (Å²) in [6, 6.07) is 2.24. The summed E-state index contributed by atoms with van der Waals surface area (Å²) in [4.78, 5) is 0. The maximum atomic E-state index is 12.3. The van der Waals surface area contributed by atoms with E-state index in [2.05, 4.69) is 15.5 Å². The van der Waals surface area contributed by atoms with E-state index in [1.54, 1.807) is 0 Å². The van der Waals surface area contributed by atoms with Gasteiger partial charge in [0.2, 0.25) is 0 Å². The maximum absolute atomic E-state index is 12.3. The molecule has 1 saturated carbocycles. The Kier molecular flexibility index (Phi) is 4.24.